The van der Waals surface area contributed by atoms with E-state index >= 15 is 0 Å². The standard InChI is InChI=1S/C20H21F6N5O3/c1-10(2)31(19(33)34)12(5-11-6-14(22)15(23)8-13(11)21)7-17(32)29-3-4-30-16(9-29)27-28-18(30)20(24,25)26/h6,8,10,12H,3-5,7,9H2,1-2H3,(H,33,34). The normalized spacial score (nSPS) is 14.8. The fourth-order valence-corrected chi connectivity index (χ4v) is 3.95. The van der Waals surface area contributed by atoms with Crippen LogP contribution in [0.4, 0.5) is 31.1 Å². The van der Waals surface area contributed by atoms with Gasteiger partial charge in [-0.15, -0.1) is 10.2 Å². The maximum atomic E-state index is 14.2. The fourth-order valence-electron chi connectivity index (χ4n) is 3.95. The van der Waals surface area contributed by atoms with Crippen LogP contribution in [-0.4, -0.2) is 60.3 Å². The summed E-state index contributed by atoms with van der Waals surface area (Å²) in [6, 6.07) is -0.873. The highest BCUT2D eigenvalue weighted by Crippen LogP contribution is 2.30. The zero-order valence-electron chi connectivity index (χ0n) is 18.1. The van der Waals surface area contributed by atoms with Crippen molar-refractivity contribution < 1.29 is 41.0 Å². The van der Waals surface area contributed by atoms with Crippen LogP contribution in [0.5, 0.6) is 0 Å². The van der Waals surface area contributed by atoms with Crippen LogP contribution in [0, 0.1) is 17.5 Å². The molecule has 0 saturated heterocycles. The lowest BCUT2D eigenvalue weighted by atomic mass is 9.99. The number of nitrogens with zero attached hydrogens (tertiary/aromatic N) is 5. The first-order chi connectivity index (χ1) is 15.8. The number of alkyl halides is 3. The third-order valence-corrected chi connectivity index (χ3v) is 5.49. The van der Waals surface area contributed by atoms with Crippen molar-refractivity contribution in [2.24, 2.45) is 0 Å². The Labute approximate surface area is 189 Å². The van der Waals surface area contributed by atoms with Crippen molar-refractivity contribution in [1.82, 2.24) is 24.6 Å². The Balaban J connectivity index is 1.84. The van der Waals surface area contributed by atoms with Gasteiger partial charge < -0.3 is 19.5 Å². The minimum absolute atomic E-state index is 0.0888. The maximum absolute atomic E-state index is 14.2. The number of aromatic nitrogens is 3. The van der Waals surface area contributed by atoms with Crippen LogP contribution in [0.1, 0.15) is 37.5 Å². The SMILES string of the molecule is CC(C)N(C(=O)O)C(CC(=O)N1CCn2c(nnc2C(F)(F)F)C1)Cc1cc(F)c(F)cc1F. The van der Waals surface area contributed by atoms with Gasteiger partial charge in [-0.1, -0.05) is 0 Å². The van der Waals surface area contributed by atoms with E-state index in [4.69, 9.17) is 0 Å². The molecule has 1 unspecified atom stereocenters. The quantitative estimate of drug-likeness (QED) is 0.492. The molecule has 1 aliphatic rings. The van der Waals surface area contributed by atoms with Gasteiger partial charge in [-0.3, -0.25) is 4.79 Å². The Hall–Kier alpha value is -3.32. The van der Waals surface area contributed by atoms with Gasteiger partial charge in [0.25, 0.3) is 0 Å². The van der Waals surface area contributed by atoms with Crippen molar-refractivity contribution in [2.75, 3.05) is 6.54 Å². The van der Waals surface area contributed by atoms with Crippen molar-refractivity contribution in [3.63, 3.8) is 0 Å². The third-order valence-electron chi connectivity index (χ3n) is 5.49. The van der Waals surface area contributed by atoms with Crippen molar-refractivity contribution in [2.45, 2.75) is 58.0 Å². The number of carboxylic acid groups (broad SMARTS) is 1. The predicted molar refractivity (Wildman–Crippen MR) is 104 cm³/mol. The van der Waals surface area contributed by atoms with Gasteiger partial charge in [0.1, 0.15) is 5.82 Å². The molecule has 3 rings (SSSR count). The summed E-state index contributed by atoms with van der Waals surface area (Å²) in [6.45, 7) is 2.42. The van der Waals surface area contributed by atoms with Crippen LogP contribution < -0.4 is 0 Å². The number of carbonyl (C=O) groups excluding carboxylic acids is 1. The minimum Gasteiger partial charge on any atom is -0.465 e. The van der Waals surface area contributed by atoms with E-state index in [1.165, 1.54) is 18.7 Å². The van der Waals surface area contributed by atoms with E-state index in [2.05, 4.69) is 10.2 Å². The lowest BCUT2D eigenvalue weighted by Gasteiger charge is -2.35. The Morgan fingerprint density at radius 1 is 1.09 bits per heavy atom. The Morgan fingerprint density at radius 2 is 1.74 bits per heavy atom. The first kappa shape index (κ1) is 25.3. The molecule has 0 bridgehead atoms. The second-order valence-corrected chi connectivity index (χ2v) is 8.11. The highest BCUT2D eigenvalue weighted by molar-refractivity contribution is 5.78. The van der Waals surface area contributed by atoms with Crippen LogP contribution >= 0.6 is 0 Å². The van der Waals surface area contributed by atoms with E-state index in [0.29, 0.717) is 12.1 Å². The van der Waals surface area contributed by atoms with E-state index in [1.54, 1.807) is 0 Å². The third kappa shape index (κ3) is 5.25. The molecule has 0 fully saturated rings. The molecule has 1 aromatic heterocycles. The van der Waals surface area contributed by atoms with Gasteiger partial charge in [0, 0.05) is 37.7 Å². The number of halogens is 6. The molecule has 8 nitrogen and oxygen atoms in total. The van der Waals surface area contributed by atoms with Crippen LogP contribution in [0.3, 0.4) is 0 Å². The van der Waals surface area contributed by atoms with E-state index in [0.717, 1.165) is 9.47 Å². The summed E-state index contributed by atoms with van der Waals surface area (Å²) in [5.74, 6) is -5.74. The summed E-state index contributed by atoms with van der Waals surface area (Å²) in [6.07, 6.45) is -7.02. The van der Waals surface area contributed by atoms with E-state index in [9.17, 15) is 41.0 Å². The number of rotatable bonds is 6. The smallest absolute Gasteiger partial charge is 0.451 e. The predicted octanol–water partition coefficient (Wildman–Crippen LogP) is 3.45. The van der Waals surface area contributed by atoms with Gasteiger partial charge >= 0.3 is 12.3 Å². The average molecular weight is 493 g/mol. The summed E-state index contributed by atoms with van der Waals surface area (Å²) in [5, 5.41) is 16.3. The number of hydrogen-bond donors (Lipinski definition) is 1. The largest absolute Gasteiger partial charge is 0.465 e. The summed E-state index contributed by atoms with van der Waals surface area (Å²) < 4.78 is 81.1. The average Bonchev–Trinajstić information content (AvgIpc) is 3.15. The van der Waals surface area contributed by atoms with Crippen LogP contribution in [-0.2, 0) is 30.5 Å². The first-order valence-electron chi connectivity index (χ1n) is 10.2. The summed E-state index contributed by atoms with van der Waals surface area (Å²) in [4.78, 5) is 26.9. The molecule has 14 heteroatoms. The molecular formula is C20H21F6N5O3. The summed E-state index contributed by atoms with van der Waals surface area (Å²) in [5.41, 5.74) is -0.322. The molecule has 1 atom stereocenters. The number of amides is 2. The molecule has 1 N–H and O–H groups in total. The van der Waals surface area contributed by atoms with Crippen LogP contribution in [0.2, 0.25) is 0 Å². The Kier molecular flexibility index (Phi) is 7.07. The molecule has 1 aliphatic heterocycles. The minimum atomic E-state index is -4.71. The fraction of sp³-hybridized carbons (Fsp3) is 0.500. The van der Waals surface area contributed by atoms with E-state index in [1.807, 2.05) is 0 Å². The zero-order chi connectivity index (χ0) is 25.4. The molecule has 2 aromatic rings. The number of hydrogen-bond acceptors (Lipinski definition) is 4. The molecule has 0 spiro atoms. The second-order valence-electron chi connectivity index (χ2n) is 8.11. The molecular weight excluding hydrogens is 472 g/mol. The molecule has 2 amide bonds. The lowest BCUT2D eigenvalue weighted by molar-refractivity contribution is -0.148. The molecule has 2 heterocycles. The molecule has 34 heavy (non-hydrogen) atoms. The monoisotopic (exact) mass is 493 g/mol. The summed E-state index contributed by atoms with van der Waals surface area (Å²) >= 11 is 0. The van der Waals surface area contributed by atoms with E-state index < -0.39 is 66.4 Å². The van der Waals surface area contributed by atoms with Crippen molar-refractivity contribution in [3.05, 3.63) is 46.8 Å². The number of fused-ring (bicyclic) bond motifs is 1. The number of carbonyl (C=O) groups is 2. The first-order valence-corrected chi connectivity index (χ1v) is 10.2. The topological polar surface area (TPSA) is 91.6 Å². The summed E-state index contributed by atoms with van der Waals surface area (Å²) in [7, 11) is 0. The van der Waals surface area contributed by atoms with Crippen LogP contribution in [0.25, 0.3) is 0 Å². The van der Waals surface area contributed by atoms with Gasteiger partial charge in [-0.25, -0.2) is 18.0 Å². The molecule has 0 aliphatic carbocycles. The van der Waals surface area contributed by atoms with Gasteiger partial charge in [-0.2, -0.15) is 13.2 Å². The van der Waals surface area contributed by atoms with Gasteiger partial charge in [0.2, 0.25) is 11.7 Å². The molecule has 0 saturated carbocycles. The highest BCUT2D eigenvalue weighted by Gasteiger charge is 2.40. The molecule has 1 aromatic carbocycles. The highest BCUT2D eigenvalue weighted by atomic mass is 19.4. The zero-order valence-corrected chi connectivity index (χ0v) is 18.1. The van der Waals surface area contributed by atoms with Gasteiger partial charge in [0.15, 0.2) is 17.5 Å². The van der Waals surface area contributed by atoms with Crippen molar-refractivity contribution >= 4 is 12.0 Å². The van der Waals surface area contributed by atoms with Crippen molar-refractivity contribution in [3.8, 4) is 0 Å². The molecule has 186 valence electrons. The number of benzene rings is 1. The lowest BCUT2D eigenvalue weighted by Crippen LogP contribution is -2.49. The van der Waals surface area contributed by atoms with Gasteiger partial charge in [-0.05, 0) is 31.9 Å². The molecule has 0 radical (unpaired) electrons. The van der Waals surface area contributed by atoms with Crippen molar-refractivity contribution in [1.29, 1.82) is 0 Å². The Morgan fingerprint density at radius 3 is 2.32 bits per heavy atom. The van der Waals surface area contributed by atoms with E-state index in [-0.39, 0.29) is 31.0 Å². The maximum Gasteiger partial charge on any atom is 0.451 e. The van der Waals surface area contributed by atoms with Crippen LogP contribution in [0.15, 0.2) is 12.1 Å². The second kappa shape index (κ2) is 9.50. The van der Waals surface area contributed by atoms with Gasteiger partial charge in [0.05, 0.1) is 6.54 Å². The Bertz CT molecular complexity index is 1090.